The maximum atomic E-state index is 13.3. The summed E-state index contributed by atoms with van der Waals surface area (Å²) in [6.07, 6.45) is 0. The van der Waals surface area contributed by atoms with E-state index in [0.29, 0.717) is 11.3 Å². The van der Waals surface area contributed by atoms with Gasteiger partial charge in [-0.25, -0.2) is 4.79 Å². The minimum atomic E-state index is -0.321. The summed E-state index contributed by atoms with van der Waals surface area (Å²) >= 11 is 0. The normalized spacial score (nSPS) is 11.1. The standard InChI is InChI=1S/C24H22NO2/c1-15-13-16(2)23(17(3)14-15)27-24(26)22-18-9-5-7-11-20(18)25(4)21-12-8-6-10-19(21)22/h5-14H,1-4H3/q+1. The number of fused-ring (bicyclic) bond motifs is 2. The van der Waals surface area contributed by atoms with E-state index in [4.69, 9.17) is 4.74 Å². The number of ether oxygens (including phenoxy) is 1. The third-order valence-electron chi connectivity index (χ3n) is 5.07. The van der Waals surface area contributed by atoms with Gasteiger partial charge in [-0.1, -0.05) is 42.0 Å². The number of carbonyl (C=O) groups excluding carboxylic acids is 1. The number of carbonyl (C=O) groups is 1. The summed E-state index contributed by atoms with van der Waals surface area (Å²) < 4.78 is 8.04. The Kier molecular flexibility index (Phi) is 4.15. The van der Waals surface area contributed by atoms with Crippen molar-refractivity contribution >= 4 is 27.8 Å². The van der Waals surface area contributed by atoms with E-state index in [1.165, 1.54) is 0 Å². The van der Waals surface area contributed by atoms with Gasteiger partial charge in [0.25, 0.3) is 0 Å². The number of rotatable bonds is 2. The van der Waals surface area contributed by atoms with Crippen molar-refractivity contribution in [3.8, 4) is 5.75 Å². The van der Waals surface area contributed by atoms with Gasteiger partial charge < -0.3 is 4.74 Å². The van der Waals surface area contributed by atoms with E-state index in [1.807, 2.05) is 88.5 Å². The minimum absolute atomic E-state index is 0.321. The third kappa shape index (κ3) is 2.85. The van der Waals surface area contributed by atoms with Crippen molar-refractivity contribution < 1.29 is 14.1 Å². The molecule has 1 aromatic heterocycles. The van der Waals surface area contributed by atoms with E-state index in [-0.39, 0.29) is 5.97 Å². The van der Waals surface area contributed by atoms with Gasteiger partial charge in [-0.15, -0.1) is 0 Å². The van der Waals surface area contributed by atoms with Gasteiger partial charge in [0.15, 0.2) is 0 Å². The summed E-state index contributed by atoms with van der Waals surface area (Å²) in [6.45, 7) is 6.00. The summed E-state index contributed by atoms with van der Waals surface area (Å²) in [5.74, 6) is 0.324. The molecule has 3 aromatic carbocycles. The Morgan fingerprint density at radius 2 is 1.30 bits per heavy atom. The van der Waals surface area contributed by atoms with Crippen LogP contribution in [-0.4, -0.2) is 5.97 Å². The highest BCUT2D eigenvalue weighted by Gasteiger charge is 2.24. The van der Waals surface area contributed by atoms with Crippen LogP contribution in [0.25, 0.3) is 21.8 Å². The lowest BCUT2D eigenvalue weighted by atomic mass is 10.0. The lowest BCUT2D eigenvalue weighted by molar-refractivity contribution is -0.617. The van der Waals surface area contributed by atoms with E-state index >= 15 is 0 Å². The molecule has 0 bridgehead atoms. The van der Waals surface area contributed by atoms with Crippen molar-refractivity contribution in [2.24, 2.45) is 7.05 Å². The van der Waals surface area contributed by atoms with Gasteiger partial charge in [0, 0.05) is 12.1 Å². The summed E-state index contributed by atoms with van der Waals surface area (Å²) in [5.41, 5.74) is 5.71. The number of para-hydroxylation sites is 2. The fourth-order valence-corrected chi connectivity index (χ4v) is 3.92. The molecular weight excluding hydrogens is 334 g/mol. The summed E-state index contributed by atoms with van der Waals surface area (Å²) in [4.78, 5) is 13.3. The molecule has 4 aromatic rings. The smallest absolute Gasteiger partial charge is 0.345 e. The highest BCUT2D eigenvalue weighted by molar-refractivity contribution is 6.13. The van der Waals surface area contributed by atoms with Gasteiger partial charge in [0.05, 0.1) is 16.3 Å². The third-order valence-corrected chi connectivity index (χ3v) is 5.07. The topological polar surface area (TPSA) is 30.2 Å². The van der Waals surface area contributed by atoms with Crippen LogP contribution in [0.5, 0.6) is 5.75 Å². The Hall–Kier alpha value is -3.20. The van der Waals surface area contributed by atoms with Crippen molar-refractivity contribution in [2.45, 2.75) is 20.8 Å². The van der Waals surface area contributed by atoms with Gasteiger partial charge in [-0.3, -0.25) is 0 Å². The average molecular weight is 356 g/mol. The Morgan fingerprint density at radius 1 is 0.815 bits per heavy atom. The molecule has 0 unspecified atom stereocenters. The number of aryl methyl sites for hydroxylation is 4. The molecule has 0 aliphatic heterocycles. The number of pyridine rings is 1. The second-order valence-electron chi connectivity index (χ2n) is 7.09. The van der Waals surface area contributed by atoms with Crippen molar-refractivity contribution in [1.29, 1.82) is 0 Å². The molecule has 0 aliphatic carbocycles. The van der Waals surface area contributed by atoms with Crippen molar-refractivity contribution in [2.75, 3.05) is 0 Å². The molecule has 0 radical (unpaired) electrons. The van der Waals surface area contributed by atoms with Crippen molar-refractivity contribution in [3.05, 3.63) is 82.9 Å². The molecule has 27 heavy (non-hydrogen) atoms. The molecule has 0 amide bonds. The van der Waals surface area contributed by atoms with Crippen LogP contribution in [0.3, 0.4) is 0 Å². The largest absolute Gasteiger partial charge is 0.422 e. The number of esters is 1. The molecule has 0 N–H and O–H groups in total. The quantitative estimate of drug-likeness (QED) is 0.220. The molecule has 0 aliphatic rings. The zero-order valence-corrected chi connectivity index (χ0v) is 16.0. The summed E-state index contributed by atoms with van der Waals surface area (Å²) in [7, 11) is 2.02. The van der Waals surface area contributed by atoms with Crippen molar-refractivity contribution in [3.63, 3.8) is 0 Å². The first-order chi connectivity index (χ1) is 13.0. The second-order valence-corrected chi connectivity index (χ2v) is 7.09. The highest BCUT2D eigenvalue weighted by atomic mass is 16.5. The number of aromatic nitrogens is 1. The summed E-state index contributed by atoms with van der Waals surface area (Å²) in [6, 6.07) is 20.0. The Balaban J connectivity index is 1.95. The van der Waals surface area contributed by atoms with Crippen LogP contribution < -0.4 is 9.30 Å². The van der Waals surface area contributed by atoms with Crippen LogP contribution in [0.15, 0.2) is 60.7 Å². The van der Waals surface area contributed by atoms with Crippen LogP contribution in [0.2, 0.25) is 0 Å². The van der Waals surface area contributed by atoms with Crippen LogP contribution in [0, 0.1) is 20.8 Å². The molecule has 0 saturated heterocycles. The van der Waals surface area contributed by atoms with E-state index in [0.717, 1.165) is 38.5 Å². The van der Waals surface area contributed by atoms with E-state index in [1.54, 1.807) is 0 Å². The first-order valence-corrected chi connectivity index (χ1v) is 9.07. The summed E-state index contributed by atoms with van der Waals surface area (Å²) in [5, 5.41) is 1.79. The molecule has 4 rings (SSSR count). The number of hydrogen-bond acceptors (Lipinski definition) is 2. The minimum Gasteiger partial charge on any atom is -0.422 e. The molecule has 134 valence electrons. The van der Waals surface area contributed by atoms with Gasteiger partial charge in [-0.2, -0.15) is 4.57 Å². The molecule has 3 nitrogen and oxygen atoms in total. The maximum Gasteiger partial charge on any atom is 0.345 e. The fraction of sp³-hybridized carbons (Fsp3) is 0.167. The molecule has 3 heteroatoms. The van der Waals surface area contributed by atoms with Crippen LogP contribution in [-0.2, 0) is 7.05 Å². The average Bonchev–Trinajstić information content (AvgIpc) is 2.65. The molecule has 0 fully saturated rings. The van der Waals surface area contributed by atoms with E-state index in [2.05, 4.69) is 4.57 Å². The predicted molar refractivity (Wildman–Crippen MR) is 108 cm³/mol. The monoisotopic (exact) mass is 356 g/mol. The maximum absolute atomic E-state index is 13.3. The van der Waals surface area contributed by atoms with E-state index in [9.17, 15) is 4.79 Å². The van der Waals surface area contributed by atoms with Crippen LogP contribution in [0.4, 0.5) is 0 Å². The molecule has 0 saturated carbocycles. The molecule has 0 spiro atoms. The van der Waals surface area contributed by atoms with Gasteiger partial charge in [0.1, 0.15) is 12.8 Å². The van der Waals surface area contributed by atoms with Crippen LogP contribution in [0.1, 0.15) is 27.0 Å². The highest BCUT2D eigenvalue weighted by Crippen LogP contribution is 2.29. The van der Waals surface area contributed by atoms with E-state index < -0.39 is 0 Å². The fourth-order valence-electron chi connectivity index (χ4n) is 3.92. The van der Waals surface area contributed by atoms with Crippen molar-refractivity contribution in [1.82, 2.24) is 0 Å². The molecule has 1 heterocycles. The molecule has 0 atom stereocenters. The lowest BCUT2D eigenvalue weighted by Crippen LogP contribution is -2.31. The Morgan fingerprint density at radius 3 is 1.81 bits per heavy atom. The Bertz CT molecular complexity index is 1130. The lowest BCUT2D eigenvalue weighted by Gasteiger charge is -2.13. The first-order valence-electron chi connectivity index (χ1n) is 9.07. The van der Waals surface area contributed by atoms with Gasteiger partial charge >= 0.3 is 5.97 Å². The van der Waals surface area contributed by atoms with Crippen LogP contribution >= 0.6 is 0 Å². The zero-order valence-electron chi connectivity index (χ0n) is 16.0. The van der Waals surface area contributed by atoms with Gasteiger partial charge in [0.2, 0.25) is 11.0 Å². The number of benzene rings is 3. The molecular formula is C24H22NO2+. The van der Waals surface area contributed by atoms with Gasteiger partial charge in [-0.05, 0) is 44.0 Å². The Labute approximate surface area is 158 Å². The first kappa shape index (κ1) is 17.2. The number of hydrogen-bond donors (Lipinski definition) is 0. The number of nitrogens with zero attached hydrogens (tertiary/aromatic N) is 1. The predicted octanol–water partition coefficient (Wildman–Crippen LogP) is 4.96. The zero-order chi connectivity index (χ0) is 19.1. The SMILES string of the molecule is Cc1cc(C)c(OC(=O)c2c3ccccc3[n+](C)c3ccccc23)c(C)c1. The second kappa shape index (κ2) is 6.51.